The second-order valence-electron chi connectivity index (χ2n) is 7.11. The maximum absolute atomic E-state index is 12.4. The molecule has 5 heteroatoms. The van der Waals surface area contributed by atoms with Crippen LogP contribution in [0.25, 0.3) is 28.5 Å². The van der Waals surface area contributed by atoms with Gasteiger partial charge in [0.25, 0.3) is 5.91 Å². The Bertz CT molecular complexity index is 1210. The lowest BCUT2D eigenvalue weighted by molar-refractivity contribution is 0.0950. The average molecular weight is 406 g/mol. The van der Waals surface area contributed by atoms with Crippen LogP contribution in [0.15, 0.2) is 102 Å². The molecular formula is C26H22N4O. The topological polar surface area (TPSA) is 70.1 Å². The van der Waals surface area contributed by atoms with E-state index >= 15 is 0 Å². The number of rotatable bonds is 6. The third kappa shape index (κ3) is 5.22. The first-order chi connectivity index (χ1) is 15.2. The third-order valence-corrected chi connectivity index (χ3v) is 4.74. The van der Waals surface area contributed by atoms with Crippen LogP contribution in [0, 0.1) is 0 Å². The zero-order valence-electron chi connectivity index (χ0n) is 17.1. The Kier molecular flexibility index (Phi) is 6.14. The molecule has 31 heavy (non-hydrogen) atoms. The van der Waals surface area contributed by atoms with Crippen LogP contribution in [0.5, 0.6) is 0 Å². The van der Waals surface area contributed by atoms with Gasteiger partial charge in [-0.1, -0.05) is 91.0 Å². The Balaban J connectivity index is 1.39. The van der Waals surface area contributed by atoms with Crippen molar-refractivity contribution in [3.8, 4) is 22.4 Å². The maximum atomic E-state index is 12.4. The molecule has 1 amide bonds. The van der Waals surface area contributed by atoms with Gasteiger partial charge in [-0.2, -0.15) is 10.2 Å². The Morgan fingerprint density at radius 2 is 1.48 bits per heavy atom. The molecule has 2 N–H and O–H groups in total. The first kappa shape index (κ1) is 20.0. The number of aromatic amines is 1. The van der Waals surface area contributed by atoms with Crippen LogP contribution in [-0.2, 0) is 0 Å². The minimum absolute atomic E-state index is 0.344. The number of nitrogens with zero attached hydrogens (tertiary/aromatic N) is 2. The molecule has 0 aliphatic heterocycles. The van der Waals surface area contributed by atoms with E-state index in [9.17, 15) is 4.79 Å². The van der Waals surface area contributed by atoms with Crippen molar-refractivity contribution < 1.29 is 4.79 Å². The summed E-state index contributed by atoms with van der Waals surface area (Å²) in [6.07, 6.45) is 3.60. The molecule has 0 fully saturated rings. The van der Waals surface area contributed by atoms with Gasteiger partial charge in [0.2, 0.25) is 0 Å². The van der Waals surface area contributed by atoms with Crippen molar-refractivity contribution in [3.05, 3.63) is 108 Å². The van der Waals surface area contributed by atoms with E-state index in [0.717, 1.165) is 27.8 Å². The SMILES string of the molecule is C/C(C=NNC(=O)c1cc(-c2ccc(-c3ccccc3)cc2)n[nH]1)=C\c1ccccc1. The number of carbonyl (C=O) groups is 1. The van der Waals surface area contributed by atoms with E-state index in [1.165, 1.54) is 0 Å². The summed E-state index contributed by atoms with van der Waals surface area (Å²) in [5.41, 5.74) is 8.81. The summed E-state index contributed by atoms with van der Waals surface area (Å²) < 4.78 is 0. The van der Waals surface area contributed by atoms with Gasteiger partial charge in [0.1, 0.15) is 5.69 Å². The van der Waals surface area contributed by atoms with E-state index in [1.807, 2.05) is 85.8 Å². The van der Waals surface area contributed by atoms with Crippen LogP contribution in [0.2, 0.25) is 0 Å². The number of amides is 1. The number of hydrogen-bond donors (Lipinski definition) is 2. The molecule has 1 heterocycles. The summed E-state index contributed by atoms with van der Waals surface area (Å²) in [6.45, 7) is 1.93. The summed E-state index contributed by atoms with van der Waals surface area (Å²) in [6, 6.07) is 29.9. The fourth-order valence-electron chi connectivity index (χ4n) is 3.15. The number of hydrazone groups is 1. The molecule has 152 valence electrons. The average Bonchev–Trinajstić information content (AvgIpc) is 3.31. The molecule has 0 spiro atoms. The number of aromatic nitrogens is 2. The van der Waals surface area contributed by atoms with Crippen LogP contribution in [0.3, 0.4) is 0 Å². The lowest BCUT2D eigenvalue weighted by Crippen LogP contribution is -2.17. The highest BCUT2D eigenvalue weighted by Gasteiger charge is 2.10. The van der Waals surface area contributed by atoms with Gasteiger partial charge in [-0.15, -0.1) is 0 Å². The quantitative estimate of drug-likeness (QED) is 0.325. The molecule has 0 bridgehead atoms. The van der Waals surface area contributed by atoms with Crippen LogP contribution >= 0.6 is 0 Å². The summed E-state index contributed by atoms with van der Waals surface area (Å²) >= 11 is 0. The molecule has 0 aliphatic carbocycles. The third-order valence-electron chi connectivity index (χ3n) is 4.74. The zero-order chi connectivity index (χ0) is 21.5. The molecule has 0 saturated carbocycles. The highest BCUT2D eigenvalue weighted by molar-refractivity contribution is 5.94. The number of hydrogen-bond acceptors (Lipinski definition) is 3. The Labute approximate surface area is 181 Å². The van der Waals surface area contributed by atoms with Crippen molar-refractivity contribution >= 4 is 18.2 Å². The van der Waals surface area contributed by atoms with E-state index in [-0.39, 0.29) is 5.91 Å². The minimum atomic E-state index is -0.344. The van der Waals surface area contributed by atoms with Gasteiger partial charge in [-0.05, 0) is 35.3 Å². The fourth-order valence-corrected chi connectivity index (χ4v) is 3.15. The maximum Gasteiger partial charge on any atom is 0.289 e. The largest absolute Gasteiger partial charge is 0.289 e. The number of benzene rings is 3. The Morgan fingerprint density at radius 1 is 0.871 bits per heavy atom. The summed E-state index contributed by atoms with van der Waals surface area (Å²) in [5.74, 6) is -0.344. The molecule has 0 saturated heterocycles. The molecule has 4 rings (SSSR count). The van der Waals surface area contributed by atoms with E-state index in [1.54, 1.807) is 12.3 Å². The van der Waals surface area contributed by atoms with E-state index < -0.39 is 0 Å². The molecule has 0 radical (unpaired) electrons. The second kappa shape index (κ2) is 9.50. The zero-order valence-corrected chi connectivity index (χ0v) is 17.1. The molecule has 0 unspecified atom stereocenters. The van der Waals surface area contributed by atoms with Crippen LogP contribution in [0.4, 0.5) is 0 Å². The van der Waals surface area contributed by atoms with Gasteiger partial charge >= 0.3 is 0 Å². The Morgan fingerprint density at radius 3 is 2.19 bits per heavy atom. The van der Waals surface area contributed by atoms with E-state index in [2.05, 4.69) is 32.9 Å². The lowest BCUT2D eigenvalue weighted by atomic mass is 10.0. The van der Waals surface area contributed by atoms with Crippen molar-refractivity contribution in [3.63, 3.8) is 0 Å². The molecule has 5 nitrogen and oxygen atoms in total. The predicted octanol–water partition coefficient (Wildman–Crippen LogP) is 5.56. The van der Waals surface area contributed by atoms with Crippen LogP contribution < -0.4 is 5.43 Å². The van der Waals surface area contributed by atoms with Gasteiger partial charge < -0.3 is 0 Å². The van der Waals surface area contributed by atoms with Gasteiger partial charge in [0.15, 0.2) is 0 Å². The number of carbonyl (C=O) groups excluding carboxylic acids is 1. The number of H-pyrrole nitrogens is 1. The standard InChI is InChI=1S/C26H22N4O/c1-19(16-20-8-4-2-5-9-20)18-27-30-26(31)25-17-24(28-29-25)23-14-12-22(13-15-23)21-10-6-3-7-11-21/h2-18H,1H3,(H,28,29)(H,30,31)/b19-16+,27-18?. The van der Waals surface area contributed by atoms with Crippen molar-refractivity contribution in [1.29, 1.82) is 0 Å². The molecule has 4 aromatic rings. The monoisotopic (exact) mass is 406 g/mol. The highest BCUT2D eigenvalue weighted by atomic mass is 16.2. The Hall–Kier alpha value is -4.25. The first-order valence-corrected chi connectivity index (χ1v) is 9.97. The van der Waals surface area contributed by atoms with E-state index in [0.29, 0.717) is 11.4 Å². The lowest BCUT2D eigenvalue weighted by Gasteiger charge is -2.02. The highest BCUT2D eigenvalue weighted by Crippen LogP contribution is 2.24. The summed E-state index contributed by atoms with van der Waals surface area (Å²) in [5, 5.41) is 11.1. The smallest absolute Gasteiger partial charge is 0.272 e. The van der Waals surface area contributed by atoms with Gasteiger partial charge in [0, 0.05) is 5.56 Å². The number of nitrogens with one attached hydrogen (secondary N) is 2. The summed E-state index contributed by atoms with van der Waals surface area (Å²) in [4.78, 5) is 12.4. The number of allylic oxidation sites excluding steroid dienone is 1. The van der Waals surface area contributed by atoms with Crippen molar-refractivity contribution in [2.24, 2.45) is 5.10 Å². The van der Waals surface area contributed by atoms with E-state index in [4.69, 9.17) is 0 Å². The van der Waals surface area contributed by atoms with Gasteiger partial charge in [-0.25, -0.2) is 5.43 Å². The molecule has 1 aromatic heterocycles. The fraction of sp³-hybridized carbons (Fsp3) is 0.0385. The molecule has 0 atom stereocenters. The molecule has 3 aromatic carbocycles. The van der Waals surface area contributed by atoms with Crippen LogP contribution in [-0.4, -0.2) is 22.3 Å². The minimum Gasteiger partial charge on any atom is -0.272 e. The van der Waals surface area contributed by atoms with Crippen molar-refractivity contribution in [1.82, 2.24) is 15.6 Å². The molecule has 0 aliphatic rings. The normalized spacial score (nSPS) is 11.6. The van der Waals surface area contributed by atoms with Crippen molar-refractivity contribution in [2.45, 2.75) is 6.92 Å². The van der Waals surface area contributed by atoms with Gasteiger partial charge in [-0.3, -0.25) is 9.89 Å². The van der Waals surface area contributed by atoms with Crippen LogP contribution in [0.1, 0.15) is 23.0 Å². The second-order valence-corrected chi connectivity index (χ2v) is 7.11. The molecular weight excluding hydrogens is 384 g/mol. The van der Waals surface area contributed by atoms with Crippen molar-refractivity contribution in [2.75, 3.05) is 0 Å². The summed E-state index contributed by atoms with van der Waals surface area (Å²) in [7, 11) is 0. The predicted molar refractivity (Wildman–Crippen MR) is 126 cm³/mol. The first-order valence-electron chi connectivity index (χ1n) is 9.97. The van der Waals surface area contributed by atoms with Gasteiger partial charge in [0.05, 0.1) is 11.9 Å².